The van der Waals surface area contributed by atoms with Gasteiger partial charge in [0.2, 0.25) is 0 Å². The molecule has 0 bridgehead atoms. The fraction of sp³-hybridized carbons (Fsp3) is 1.00. The first-order chi connectivity index (χ1) is 9.17. The Kier molecular flexibility index (Phi) is 4.16. The molecule has 0 saturated heterocycles. The third-order valence-electron chi connectivity index (χ3n) is 4.89. The second-order valence-electron chi connectivity index (χ2n) is 7.53. The predicted octanol–water partition coefficient (Wildman–Crippen LogP) is 2.00. The summed E-state index contributed by atoms with van der Waals surface area (Å²) in [7, 11) is 0. The van der Waals surface area contributed by atoms with E-state index < -0.39 is 0 Å². The number of hydrogen-bond acceptors (Lipinski definition) is 3. The number of aliphatic hydroxyl groups is 1. The van der Waals surface area contributed by atoms with Crippen LogP contribution in [0, 0.1) is 11.8 Å². The maximum atomic E-state index is 9.68. The molecule has 2 N–H and O–H groups in total. The SMILES string of the molecule is CC(CO)(CCN(CC1CC1)CC1CC1)NC1CC1. The Morgan fingerprint density at radius 2 is 1.63 bits per heavy atom. The fourth-order valence-electron chi connectivity index (χ4n) is 2.91. The van der Waals surface area contributed by atoms with Crippen LogP contribution in [-0.2, 0) is 0 Å². The van der Waals surface area contributed by atoms with Gasteiger partial charge < -0.3 is 15.3 Å². The molecule has 3 aliphatic carbocycles. The molecule has 0 aromatic carbocycles. The molecule has 3 saturated carbocycles. The van der Waals surface area contributed by atoms with Crippen LogP contribution < -0.4 is 5.32 Å². The van der Waals surface area contributed by atoms with Crippen molar-refractivity contribution in [3.63, 3.8) is 0 Å². The summed E-state index contributed by atoms with van der Waals surface area (Å²) in [5.74, 6) is 1.96. The van der Waals surface area contributed by atoms with Crippen LogP contribution in [0.1, 0.15) is 51.9 Å². The van der Waals surface area contributed by atoms with Gasteiger partial charge >= 0.3 is 0 Å². The molecule has 3 nitrogen and oxygen atoms in total. The van der Waals surface area contributed by atoms with Crippen molar-refractivity contribution in [1.29, 1.82) is 0 Å². The highest BCUT2D eigenvalue weighted by atomic mass is 16.3. The van der Waals surface area contributed by atoms with Crippen LogP contribution in [0.2, 0.25) is 0 Å². The summed E-state index contributed by atoms with van der Waals surface area (Å²) >= 11 is 0. The predicted molar refractivity (Wildman–Crippen MR) is 78.2 cm³/mol. The van der Waals surface area contributed by atoms with Gasteiger partial charge in [0, 0.05) is 24.7 Å². The first-order valence-electron chi connectivity index (χ1n) is 8.28. The molecular formula is C16H30N2O. The lowest BCUT2D eigenvalue weighted by Crippen LogP contribution is -2.49. The van der Waals surface area contributed by atoms with Crippen LogP contribution >= 0.6 is 0 Å². The maximum Gasteiger partial charge on any atom is 0.0611 e. The van der Waals surface area contributed by atoms with Crippen LogP contribution in [-0.4, -0.2) is 47.8 Å². The van der Waals surface area contributed by atoms with E-state index in [2.05, 4.69) is 17.1 Å². The molecule has 3 rings (SSSR count). The smallest absolute Gasteiger partial charge is 0.0611 e. The van der Waals surface area contributed by atoms with Crippen LogP contribution in [0.5, 0.6) is 0 Å². The van der Waals surface area contributed by atoms with E-state index in [4.69, 9.17) is 0 Å². The maximum absolute atomic E-state index is 9.68. The Hall–Kier alpha value is -0.120. The van der Waals surface area contributed by atoms with Crippen LogP contribution in [0.4, 0.5) is 0 Å². The highest BCUT2D eigenvalue weighted by Gasteiger charge is 2.34. The number of aliphatic hydroxyl groups excluding tert-OH is 1. The Morgan fingerprint density at radius 1 is 1.05 bits per heavy atom. The van der Waals surface area contributed by atoms with Gasteiger partial charge in [-0.2, -0.15) is 0 Å². The second kappa shape index (κ2) is 5.71. The minimum Gasteiger partial charge on any atom is -0.394 e. The molecule has 0 spiro atoms. The average molecular weight is 266 g/mol. The van der Waals surface area contributed by atoms with Gasteiger partial charge in [0.05, 0.1) is 6.61 Å². The van der Waals surface area contributed by atoms with Gasteiger partial charge in [0.25, 0.3) is 0 Å². The zero-order chi connectivity index (χ0) is 13.3. The minimum absolute atomic E-state index is 0.0630. The summed E-state index contributed by atoms with van der Waals surface area (Å²) in [6.07, 6.45) is 9.45. The molecule has 0 heterocycles. The lowest BCUT2D eigenvalue weighted by molar-refractivity contribution is 0.140. The van der Waals surface area contributed by atoms with Crippen molar-refractivity contribution in [3.8, 4) is 0 Å². The number of nitrogens with one attached hydrogen (secondary N) is 1. The van der Waals surface area contributed by atoms with Crippen molar-refractivity contribution >= 4 is 0 Å². The molecule has 1 atom stereocenters. The zero-order valence-corrected chi connectivity index (χ0v) is 12.4. The topological polar surface area (TPSA) is 35.5 Å². The summed E-state index contributed by atoms with van der Waals surface area (Å²) in [5.41, 5.74) is -0.0630. The van der Waals surface area contributed by atoms with Crippen molar-refractivity contribution in [2.24, 2.45) is 11.8 Å². The number of rotatable bonds is 10. The number of hydrogen-bond donors (Lipinski definition) is 2. The van der Waals surface area contributed by atoms with Gasteiger partial charge in [-0.05, 0) is 70.3 Å². The Labute approximate surface area is 117 Å². The summed E-state index contributed by atoms with van der Waals surface area (Å²) < 4.78 is 0. The van der Waals surface area contributed by atoms with E-state index >= 15 is 0 Å². The quantitative estimate of drug-likeness (QED) is 0.635. The molecule has 19 heavy (non-hydrogen) atoms. The molecule has 0 radical (unpaired) electrons. The van der Waals surface area contributed by atoms with E-state index in [1.54, 1.807) is 0 Å². The third-order valence-corrected chi connectivity index (χ3v) is 4.89. The highest BCUT2D eigenvalue weighted by molar-refractivity contribution is 4.93. The number of nitrogens with zero attached hydrogens (tertiary/aromatic N) is 1. The van der Waals surface area contributed by atoms with E-state index in [0.717, 1.165) is 24.8 Å². The Morgan fingerprint density at radius 3 is 2.05 bits per heavy atom. The minimum atomic E-state index is -0.0630. The highest BCUT2D eigenvalue weighted by Crippen LogP contribution is 2.34. The molecular weight excluding hydrogens is 236 g/mol. The van der Waals surface area contributed by atoms with Gasteiger partial charge in [-0.3, -0.25) is 0 Å². The summed E-state index contributed by atoms with van der Waals surface area (Å²) in [6, 6.07) is 0.678. The summed E-state index contributed by atoms with van der Waals surface area (Å²) in [4.78, 5) is 2.68. The van der Waals surface area contributed by atoms with E-state index in [-0.39, 0.29) is 12.1 Å². The van der Waals surface area contributed by atoms with Crippen LogP contribution in [0.25, 0.3) is 0 Å². The van der Waals surface area contributed by atoms with Gasteiger partial charge in [-0.25, -0.2) is 0 Å². The first-order valence-corrected chi connectivity index (χ1v) is 8.28. The third kappa shape index (κ3) is 4.73. The van der Waals surface area contributed by atoms with E-state index in [1.807, 2.05) is 0 Å². The van der Waals surface area contributed by atoms with Crippen LogP contribution in [0.3, 0.4) is 0 Å². The van der Waals surface area contributed by atoms with Crippen molar-refractivity contribution < 1.29 is 5.11 Å². The monoisotopic (exact) mass is 266 g/mol. The lowest BCUT2D eigenvalue weighted by Gasteiger charge is -2.32. The standard InChI is InChI=1S/C16H30N2O/c1-16(12-19,17-15-6-7-15)8-9-18(10-13-2-3-13)11-14-4-5-14/h13-15,17,19H,2-12H2,1H3. The Balaban J connectivity index is 1.45. The molecule has 0 aliphatic heterocycles. The lowest BCUT2D eigenvalue weighted by atomic mass is 9.98. The van der Waals surface area contributed by atoms with Gasteiger partial charge in [0.15, 0.2) is 0 Å². The first kappa shape index (κ1) is 13.8. The molecule has 3 heteroatoms. The molecule has 3 aliphatic rings. The van der Waals surface area contributed by atoms with Gasteiger partial charge in [-0.15, -0.1) is 0 Å². The fourth-order valence-corrected chi connectivity index (χ4v) is 2.91. The largest absolute Gasteiger partial charge is 0.394 e. The van der Waals surface area contributed by atoms with Gasteiger partial charge in [0.1, 0.15) is 0 Å². The van der Waals surface area contributed by atoms with E-state index in [9.17, 15) is 5.11 Å². The summed E-state index contributed by atoms with van der Waals surface area (Å²) in [6.45, 7) is 6.23. The van der Waals surface area contributed by atoms with Crippen molar-refractivity contribution in [2.75, 3.05) is 26.2 Å². The van der Waals surface area contributed by atoms with Crippen LogP contribution in [0.15, 0.2) is 0 Å². The average Bonchev–Trinajstić information content (AvgIpc) is 3.23. The molecule has 0 aromatic heterocycles. The van der Waals surface area contributed by atoms with E-state index in [0.29, 0.717) is 6.04 Å². The molecule has 110 valence electrons. The zero-order valence-electron chi connectivity index (χ0n) is 12.4. The second-order valence-corrected chi connectivity index (χ2v) is 7.53. The normalized spacial score (nSPS) is 26.7. The molecule has 0 aromatic rings. The van der Waals surface area contributed by atoms with E-state index in [1.165, 1.54) is 51.6 Å². The molecule has 0 amide bonds. The van der Waals surface area contributed by atoms with Gasteiger partial charge in [-0.1, -0.05) is 0 Å². The Bertz CT molecular complexity index is 283. The molecule has 1 unspecified atom stereocenters. The van der Waals surface area contributed by atoms with Crippen molar-refractivity contribution in [3.05, 3.63) is 0 Å². The van der Waals surface area contributed by atoms with Crippen molar-refractivity contribution in [1.82, 2.24) is 10.2 Å². The molecule has 3 fully saturated rings. The summed E-state index contributed by atoms with van der Waals surface area (Å²) in [5, 5.41) is 13.3. The van der Waals surface area contributed by atoms with Crippen molar-refractivity contribution in [2.45, 2.75) is 63.5 Å².